The fourth-order valence-electron chi connectivity index (χ4n) is 4.30. The van der Waals surface area contributed by atoms with Crippen molar-refractivity contribution >= 4 is 28.8 Å². The first kappa shape index (κ1) is 21.3. The number of thiophene rings is 1. The van der Waals surface area contributed by atoms with Crippen LogP contribution < -0.4 is 10.2 Å². The van der Waals surface area contributed by atoms with E-state index in [0.717, 1.165) is 47.4 Å². The highest BCUT2D eigenvalue weighted by molar-refractivity contribution is 7.10. The van der Waals surface area contributed by atoms with E-state index in [1.807, 2.05) is 79.0 Å². The molecule has 4 nitrogen and oxygen atoms in total. The van der Waals surface area contributed by atoms with Gasteiger partial charge < -0.3 is 5.32 Å². The molecule has 1 aliphatic rings. The summed E-state index contributed by atoms with van der Waals surface area (Å²) in [4.78, 5) is 30.0. The van der Waals surface area contributed by atoms with Crippen molar-refractivity contribution in [3.05, 3.63) is 88.1 Å². The fraction of sp³-hybridized carbons (Fsp3) is 0.308. The number of hydrogen-bond acceptors (Lipinski definition) is 3. The topological polar surface area (TPSA) is 49.4 Å². The number of nitrogens with one attached hydrogen (secondary N) is 1. The number of hydrogen-bond donors (Lipinski definition) is 1. The first-order valence-electron chi connectivity index (χ1n) is 10.9. The predicted octanol–water partition coefficient (Wildman–Crippen LogP) is 5.43. The number of anilines is 1. The third-order valence-electron chi connectivity index (χ3n) is 5.87. The molecular weight excluding hydrogens is 404 g/mol. The Balaban J connectivity index is 1.75. The van der Waals surface area contributed by atoms with Gasteiger partial charge in [-0.2, -0.15) is 0 Å². The predicted molar refractivity (Wildman–Crippen MR) is 126 cm³/mol. The molecule has 1 atom stereocenters. The van der Waals surface area contributed by atoms with Gasteiger partial charge in [0.15, 0.2) is 0 Å². The van der Waals surface area contributed by atoms with Crippen molar-refractivity contribution in [2.75, 3.05) is 4.90 Å². The van der Waals surface area contributed by atoms with Crippen molar-refractivity contribution in [3.8, 4) is 0 Å². The van der Waals surface area contributed by atoms with Gasteiger partial charge in [0.05, 0.1) is 6.42 Å². The maximum Gasteiger partial charge on any atom is 0.248 e. The van der Waals surface area contributed by atoms with Crippen molar-refractivity contribution in [2.24, 2.45) is 0 Å². The molecule has 3 aromatic rings. The summed E-state index contributed by atoms with van der Waals surface area (Å²) < 4.78 is 0. The highest BCUT2D eigenvalue weighted by atomic mass is 32.1. The van der Waals surface area contributed by atoms with Crippen LogP contribution in [0.5, 0.6) is 0 Å². The highest BCUT2D eigenvalue weighted by Gasteiger charge is 2.34. The molecule has 2 aromatic carbocycles. The van der Waals surface area contributed by atoms with E-state index in [0.29, 0.717) is 0 Å². The second-order valence-corrected chi connectivity index (χ2v) is 9.14. The summed E-state index contributed by atoms with van der Waals surface area (Å²) in [5, 5.41) is 5.21. The Hall–Kier alpha value is -2.92. The van der Waals surface area contributed by atoms with Gasteiger partial charge in [0, 0.05) is 16.6 Å². The van der Waals surface area contributed by atoms with Crippen molar-refractivity contribution in [1.29, 1.82) is 0 Å². The third kappa shape index (κ3) is 5.05. The molecule has 160 valence electrons. The van der Waals surface area contributed by atoms with E-state index in [4.69, 9.17) is 0 Å². The lowest BCUT2D eigenvalue weighted by Gasteiger charge is -2.33. The van der Waals surface area contributed by atoms with Gasteiger partial charge in [0.2, 0.25) is 11.8 Å². The van der Waals surface area contributed by atoms with Crippen LogP contribution in [0.25, 0.3) is 0 Å². The van der Waals surface area contributed by atoms with Crippen molar-refractivity contribution in [2.45, 2.75) is 51.1 Å². The molecule has 1 heterocycles. The Labute approximate surface area is 187 Å². The molecule has 31 heavy (non-hydrogen) atoms. The molecule has 1 fully saturated rings. The molecule has 0 aliphatic heterocycles. The minimum Gasteiger partial charge on any atom is -0.351 e. The lowest BCUT2D eigenvalue weighted by molar-refractivity contribution is -0.127. The number of aryl methyl sites for hydroxylation is 1. The number of para-hydroxylation sites is 1. The van der Waals surface area contributed by atoms with E-state index in [2.05, 4.69) is 5.32 Å². The molecule has 1 aliphatic carbocycles. The van der Waals surface area contributed by atoms with Crippen LogP contribution >= 0.6 is 11.3 Å². The van der Waals surface area contributed by atoms with Gasteiger partial charge in [0.25, 0.3) is 0 Å². The maximum absolute atomic E-state index is 13.7. The van der Waals surface area contributed by atoms with Crippen molar-refractivity contribution in [3.63, 3.8) is 0 Å². The van der Waals surface area contributed by atoms with Crippen LogP contribution in [-0.4, -0.2) is 17.9 Å². The maximum atomic E-state index is 13.7. The van der Waals surface area contributed by atoms with Gasteiger partial charge in [-0.15, -0.1) is 11.3 Å². The van der Waals surface area contributed by atoms with E-state index >= 15 is 0 Å². The quantitative estimate of drug-likeness (QED) is 0.541. The van der Waals surface area contributed by atoms with E-state index in [1.165, 1.54) is 0 Å². The molecule has 0 radical (unpaired) electrons. The molecule has 0 bridgehead atoms. The SMILES string of the molecule is Cc1ccccc1N(C(=O)Cc1cccs1)[C@@H](C(=O)NC1CCCC1)c1ccccc1. The molecular formula is C26H28N2O2S. The number of rotatable bonds is 7. The second-order valence-electron chi connectivity index (χ2n) is 8.11. The van der Waals surface area contributed by atoms with Gasteiger partial charge in [-0.3, -0.25) is 14.5 Å². The number of carbonyl (C=O) groups is 2. The van der Waals surface area contributed by atoms with Crippen LogP contribution in [0.15, 0.2) is 72.1 Å². The van der Waals surface area contributed by atoms with Crippen LogP contribution in [-0.2, 0) is 16.0 Å². The lowest BCUT2D eigenvalue weighted by Crippen LogP contribution is -2.47. The van der Waals surface area contributed by atoms with Gasteiger partial charge in [-0.25, -0.2) is 0 Å². The number of benzene rings is 2. The van der Waals surface area contributed by atoms with Crippen molar-refractivity contribution in [1.82, 2.24) is 5.32 Å². The molecule has 0 unspecified atom stereocenters. The third-order valence-corrected chi connectivity index (χ3v) is 6.75. The summed E-state index contributed by atoms with van der Waals surface area (Å²) >= 11 is 1.56. The summed E-state index contributed by atoms with van der Waals surface area (Å²) in [6.45, 7) is 1.98. The van der Waals surface area contributed by atoms with Gasteiger partial charge in [-0.05, 0) is 48.4 Å². The van der Waals surface area contributed by atoms with Gasteiger partial charge in [0.1, 0.15) is 6.04 Å². The number of carbonyl (C=O) groups excluding carboxylic acids is 2. The summed E-state index contributed by atoms with van der Waals surface area (Å²) in [6, 6.07) is 20.8. The fourth-order valence-corrected chi connectivity index (χ4v) is 5.00. The Morgan fingerprint density at radius 2 is 1.71 bits per heavy atom. The summed E-state index contributed by atoms with van der Waals surface area (Å²) in [6.07, 6.45) is 4.55. The molecule has 1 saturated carbocycles. The molecule has 4 rings (SSSR count). The second kappa shape index (κ2) is 9.92. The monoisotopic (exact) mass is 432 g/mol. The smallest absolute Gasteiger partial charge is 0.248 e. The average molecular weight is 433 g/mol. The van der Waals surface area contributed by atoms with Crippen molar-refractivity contribution < 1.29 is 9.59 Å². The van der Waals surface area contributed by atoms with E-state index in [-0.39, 0.29) is 24.3 Å². The highest BCUT2D eigenvalue weighted by Crippen LogP contribution is 2.32. The van der Waals surface area contributed by atoms with Crippen LogP contribution in [0.3, 0.4) is 0 Å². The standard InChI is InChI=1S/C26H28N2O2S/c1-19-10-5-8-16-23(19)28(24(29)18-22-15-9-17-31-22)25(20-11-3-2-4-12-20)26(30)27-21-13-6-7-14-21/h2-5,8-12,15-17,21,25H,6-7,13-14,18H2,1H3,(H,27,30)/t25-/m1/s1. The Bertz CT molecular complexity index is 1010. The van der Waals surface area contributed by atoms with Crippen LogP contribution in [0.4, 0.5) is 5.69 Å². The van der Waals surface area contributed by atoms with E-state index in [9.17, 15) is 9.59 Å². The molecule has 2 amide bonds. The Kier molecular flexibility index (Phi) is 6.82. The zero-order valence-electron chi connectivity index (χ0n) is 17.8. The lowest BCUT2D eigenvalue weighted by atomic mass is 10.0. The summed E-state index contributed by atoms with van der Waals surface area (Å²) in [5.74, 6) is -0.187. The zero-order valence-corrected chi connectivity index (χ0v) is 18.6. The zero-order chi connectivity index (χ0) is 21.6. The Morgan fingerprint density at radius 3 is 2.39 bits per heavy atom. The van der Waals surface area contributed by atoms with Crippen LogP contribution in [0.2, 0.25) is 0 Å². The van der Waals surface area contributed by atoms with Crippen LogP contribution in [0.1, 0.15) is 47.7 Å². The molecule has 1 N–H and O–H groups in total. The molecule has 0 spiro atoms. The van der Waals surface area contributed by atoms with Crippen LogP contribution in [0, 0.1) is 6.92 Å². The van der Waals surface area contributed by atoms with Gasteiger partial charge in [-0.1, -0.05) is 67.4 Å². The minimum atomic E-state index is -0.713. The van der Waals surface area contributed by atoms with E-state index < -0.39 is 6.04 Å². The Morgan fingerprint density at radius 1 is 1.00 bits per heavy atom. The summed E-state index contributed by atoms with van der Waals surface area (Å²) in [5.41, 5.74) is 2.57. The average Bonchev–Trinajstić information content (AvgIpc) is 3.47. The number of nitrogens with zero attached hydrogens (tertiary/aromatic N) is 1. The molecule has 1 aromatic heterocycles. The normalized spacial score (nSPS) is 14.9. The summed E-state index contributed by atoms with van der Waals surface area (Å²) in [7, 11) is 0. The molecule has 0 saturated heterocycles. The first-order valence-corrected chi connectivity index (χ1v) is 11.8. The van der Waals surface area contributed by atoms with Gasteiger partial charge >= 0.3 is 0 Å². The van der Waals surface area contributed by atoms with E-state index in [1.54, 1.807) is 16.2 Å². The first-order chi connectivity index (χ1) is 15.1. The molecule has 5 heteroatoms. The minimum absolute atomic E-state index is 0.0767. The number of amides is 2. The largest absolute Gasteiger partial charge is 0.351 e.